The zero-order valence-corrected chi connectivity index (χ0v) is 11.3. The van der Waals surface area contributed by atoms with E-state index in [9.17, 15) is 13.2 Å². The topological polar surface area (TPSA) is 29.3 Å². The van der Waals surface area contributed by atoms with Crippen LogP contribution in [-0.2, 0) is 6.42 Å². The number of rotatable bonds is 3. The van der Waals surface area contributed by atoms with Crippen LogP contribution in [0.4, 0.5) is 18.9 Å². The zero-order valence-electron chi connectivity index (χ0n) is 11.3. The fraction of sp³-hybridized carbons (Fsp3) is 0.250. The van der Waals surface area contributed by atoms with Crippen LogP contribution >= 0.6 is 0 Å². The number of nitrogens with zero attached hydrogens (tertiary/aromatic N) is 1. The molecule has 0 bridgehead atoms. The predicted octanol–water partition coefficient (Wildman–Crippen LogP) is 3.17. The van der Waals surface area contributed by atoms with Crippen molar-refractivity contribution in [3.63, 3.8) is 0 Å². The minimum absolute atomic E-state index is 0.193. The van der Waals surface area contributed by atoms with Gasteiger partial charge in [-0.3, -0.25) is 0 Å². The van der Waals surface area contributed by atoms with Crippen LogP contribution in [0.3, 0.4) is 0 Å². The van der Waals surface area contributed by atoms with Crippen molar-refractivity contribution in [2.45, 2.75) is 12.5 Å². The zero-order chi connectivity index (χ0) is 15.0. The highest BCUT2D eigenvalue weighted by Gasteiger charge is 2.27. The highest BCUT2D eigenvalue weighted by Crippen LogP contribution is 2.35. The lowest BCUT2D eigenvalue weighted by Gasteiger charge is -2.30. The number of hydrogen-bond acceptors (Lipinski definition) is 2. The van der Waals surface area contributed by atoms with Gasteiger partial charge < -0.3 is 10.6 Å². The molecular weight excluding hydrogens is 277 g/mol. The first-order valence-corrected chi connectivity index (χ1v) is 6.79. The third-order valence-electron chi connectivity index (χ3n) is 3.85. The van der Waals surface area contributed by atoms with Gasteiger partial charge in [0.1, 0.15) is 17.5 Å². The molecule has 2 nitrogen and oxygen atoms in total. The second-order valence-corrected chi connectivity index (χ2v) is 5.17. The quantitative estimate of drug-likeness (QED) is 0.941. The molecule has 0 radical (unpaired) electrons. The molecule has 2 aromatic carbocycles. The summed E-state index contributed by atoms with van der Waals surface area (Å²) in [5.41, 5.74) is 8.03. The van der Waals surface area contributed by atoms with Crippen LogP contribution < -0.4 is 10.6 Å². The van der Waals surface area contributed by atoms with Crippen LogP contribution in [0, 0.1) is 17.5 Å². The second-order valence-electron chi connectivity index (χ2n) is 5.17. The van der Waals surface area contributed by atoms with E-state index in [1.165, 1.54) is 24.3 Å². The summed E-state index contributed by atoms with van der Waals surface area (Å²) in [4.78, 5) is 1.91. The summed E-state index contributed by atoms with van der Waals surface area (Å²) < 4.78 is 40.3. The molecule has 0 aliphatic carbocycles. The molecule has 1 heterocycles. The molecule has 0 amide bonds. The van der Waals surface area contributed by atoms with Gasteiger partial charge >= 0.3 is 0 Å². The van der Waals surface area contributed by atoms with Gasteiger partial charge in [0.15, 0.2) is 0 Å². The van der Waals surface area contributed by atoms with Gasteiger partial charge in [0.2, 0.25) is 0 Å². The fourth-order valence-electron chi connectivity index (χ4n) is 2.91. The van der Waals surface area contributed by atoms with Crippen LogP contribution in [0.15, 0.2) is 36.4 Å². The molecular formula is C16H15F3N2. The predicted molar refractivity (Wildman–Crippen MR) is 75.6 cm³/mol. The summed E-state index contributed by atoms with van der Waals surface area (Å²) in [7, 11) is 0. The normalized spacial score (nSPS) is 15.1. The van der Waals surface area contributed by atoms with Gasteiger partial charge in [0, 0.05) is 24.8 Å². The van der Waals surface area contributed by atoms with E-state index >= 15 is 0 Å². The summed E-state index contributed by atoms with van der Waals surface area (Å²) in [6.45, 7) is 0.845. The number of hydrogen-bond donors (Lipinski definition) is 1. The Labute approximate surface area is 121 Å². The van der Waals surface area contributed by atoms with E-state index in [1.807, 2.05) is 4.90 Å². The third-order valence-corrected chi connectivity index (χ3v) is 3.85. The molecule has 2 aromatic rings. The van der Waals surface area contributed by atoms with E-state index in [-0.39, 0.29) is 18.4 Å². The van der Waals surface area contributed by atoms with Gasteiger partial charge in [0.25, 0.3) is 0 Å². The van der Waals surface area contributed by atoms with Gasteiger partial charge in [0.05, 0.1) is 6.04 Å². The lowest BCUT2D eigenvalue weighted by Crippen LogP contribution is -2.32. The van der Waals surface area contributed by atoms with Gasteiger partial charge in [-0.1, -0.05) is 6.07 Å². The Balaban J connectivity index is 2.01. The number of benzene rings is 2. The molecule has 0 spiro atoms. The number of nitrogens with two attached hydrogens (primary N) is 1. The standard InChI is InChI=1S/C16H15F3N2/c17-12-2-1-10-3-4-21(15(10)8-12)16(9-20)11-5-13(18)7-14(19)6-11/h1-2,5-8,16H,3-4,9,20H2. The van der Waals surface area contributed by atoms with Crippen molar-refractivity contribution >= 4 is 5.69 Å². The molecule has 1 aliphatic heterocycles. The monoisotopic (exact) mass is 292 g/mol. The van der Waals surface area contributed by atoms with Crippen molar-refractivity contribution in [1.29, 1.82) is 0 Å². The minimum atomic E-state index is -0.637. The molecule has 1 atom stereocenters. The van der Waals surface area contributed by atoms with Crippen molar-refractivity contribution in [3.8, 4) is 0 Å². The van der Waals surface area contributed by atoms with Gasteiger partial charge in [-0.05, 0) is 41.8 Å². The van der Waals surface area contributed by atoms with Crippen LogP contribution in [0.1, 0.15) is 17.2 Å². The molecule has 0 aromatic heterocycles. The highest BCUT2D eigenvalue weighted by atomic mass is 19.1. The second kappa shape index (κ2) is 5.41. The Hall–Kier alpha value is -2.01. The van der Waals surface area contributed by atoms with Crippen LogP contribution in [0.2, 0.25) is 0 Å². The van der Waals surface area contributed by atoms with Gasteiger partial charge in [-0.15, -0.1) is 0 Å². The summed E-state index contributed by atoms with van der Waals surface area (Å²) in [6, 6.07) is 7.61. The number of fused-ring (bicyclic) bond motifs is 1. The maximum Gasteiger partial charge on any atom is 0.126 e. The highest BCUT2D eigenvalue weighted by molar-refractivity contribution is 5.59. The molecule has 1 aliphatic rings. The summed E-state index contributed by atoms with van der Waals surface area (Å²) in [6.07, 6.45) is 0.768. The Morgan fingerprint density at radius 3 is 2.38 bits per heavy atom. The molecule has 21 heavy (non-hydrogen) atoms. The molecule has 110 valence electrons. The first-order valence-electron chi connectivity index (χ1n) is 6.79. The third kappa shape index (κ3) is 2.61. The first-order chi connectivity index (χ1) is 10.1. The summed E-state index contributed by atoms with van der Waals surface area (Å²) >= 11 is 0. The fourth-order valence-corrected chi connectivity index (χ4v) is 2.91. The Kier molecular flexibility index (Phi) is 3.59. The molecule has 5 heteroatoms. The van der Waals surface area contributed by atoms with E-state index < -0.39 is 11.6 Å². The lowest BCUT2D eigenvalue weighted by molar-refractivity contribution is 0.567. The first kappa shape index (κ1) is 13.9. The van der Waals surface area contributed by atoms with E-state index in [1.54, 1.807) is 6.07 Å². The summed E-state index contributed by atoms with van der Waals surface area (Å²) in [5, 5.41) is 0. The number of anilines is 1. The maximum atomic E-state index is 13.5. The molecule has 2 N–H and O–H groups in total. The Bertz CT molecular complexity index is 652. The van der Waals surface area contributed by atoms with E-state index in [2.05, 4.69) is 0 Å². The van der Waals surface area contributed by atoms with E-state index in [4.69, 9.17) is 5.73 Å². The maximum absolute atomic E-state index is 13.5. The summed E-state index contributed by atoms with van der Waals surface area (Å²) in [5.74, 6) is -1.61. The average Bonchev–Trinajstić information content (AvgIpc) is 2.82. The van der Waals surface area contributed by atoms with Crippen molar-refractivity contribution in [1.82, 2.24) is 0 Å². The molecule has 0 saturated carbocycles. The SMILES string of the molecule is NCC(c1cc(F)cc(F)c1)N1CCc2ccc(F)cc21. The molecule has 0 fully saturated rings. The van der Waals surface area contributed by atoms with Crippen molar-refractivity contribution in [3.05, 3.63) is 65.0 Å². The molecule has 0 saturated heterocycles. The number of halogens is 3. The van der Waals surface area contributed by atoms with Gasteiger partial charge in [-0.25, -0.2) is 13.2 Å². The van der Waals surface area contributed by atoms with Crippen LogP contribution in [-0.4, -0.2) is 13.1 Å². The average molecular weight is 292 g/mol. The van der Waals surface area contributed by atoms with Crippen LogP contribution in [0.25, 0.3) is 0 Å². The largest absolute Gasteiger partial charge is 0.363 e. The lowest BCUT2D eigenvalue weighted by atomic mass is 10.0. The Morgan fingerprint density at radius 1 is 1.00 bits per heavy atom. The van der Waals surface area contributed by atoms with Gasteiger partial charge in [-0.2, -0.15) is 0 Å². The molecule has 3 rings (SSSR count). The van der Waals surface area contributed by atoms with E-state index in [0.717, 1.165) is 23.7 Å². The molecule has 1 unspecified atom stereocenters. The minimum Gasteiger partial charge on any atom is -0.363 e. The van der Waals surface area contributed by atoms with Crippen molar-refractivity contribution in [2.24, 2.45) is 5.73 Å². The smallest absolute Gasteiger partial charge is 0.126 e. The van der Waals surface area contributed by atoms with Crippen molar-refractivity contribution in [2.75, 3.05) is 18.0 Å². The van der Waals surface area contributed by atoms with E-state index in [0.29, 0.717) is 12.1 Å². The van der Waals surface area contributed by atoms with Crippen LogP contribution in [0.5, 0.6) is 0 Å². The Morgan fingerprint density at radius 2 is 1.71 bits per heavy atom. The van der Waals surface area contributed by atoms with Crippen molar-refractivity contribution < 1.29 is 13.2 Å².